The number of esters is 1. The zero-order chi connectivity index (χ0) is 23.4. The molecule has 0 spiro atoms. The van der Waals surface area contributed by atoms with Crippen LogP contribution in [0.25, 0.3) is 10.1 Å². The second kappa shape index (κ2) is 9.85. The summed E-state index contributed by atoms with van der Waals surface area (Å²) < 4.78 is 11.8. The van der Waals surface area contributed by atoms with Crippen LogP contribution in [0.15, 0.2) is 71.8 Å². The maximum Gasteiger partial charge on any atom is 0.355 e. The zero-order valence-corrected chi connectivity index (χ0v) is 19.4. The van der Waals surface area contributed by atoms with Crippen molar-refractivity contribution in [3.8, 4) is 11.5 Å². The van der Waals surface area contributed by atoms with Gasteiger partial charge in [-0.05, 0) is 48.9 Å². The molecule has 0 aliphatic rings. The fraction of sp³-hybridized carbons (Fsp3) is 0.0800. The topological polar surface area (TPSA) is 77.0 Å². The number of hydrogen-bond acceptors (Lipinski definition) is 6. The Labute approximate surface area is 199 Å². The Morgan fingerprint density at radius 3 is 2.52 bits per heavy atom. The molecule has 3 aromatic carbocycles. The SMILES string of the molecule is COc1cc(/C=N/NC(=O)c2ccc(C)cc2)ccc1OC(=O)c1sc2ccccc2c1Cl. The van der Waals surface area contributed by atoms with Gasteiger partial charge in [0.2, 0.25) is 0 Å². The summed E-state index contributed by atoms with van der Waals surface area (Å²) in [6.07, 6.45) is 1.48. The molecule has 1 N–H and O–H groups in total. The van der Waals surface area contributed by atoms with Gasteiger partial charge < -0.3 is 9.47 Å². The van der Waals surface area contributed by atoms with Crippen LogP contribution >= 0.6 is 22.9 Å². The first-order valence-electron chi connectivity index (χ1n) is 9.93. The van der Waals surface area contributed by atoms with Crippen molar-refractivity contribution in [3.63, 3.8) is 0 Å². The molecule has 0 atom stereocenters. The van der Waals surface area contributed by atoms with Gasteiger partial charge in [0.05, 0.1) is 18.3 Å². The van der Waals surface area contributed by atoms with E-state index in [1.54, 1.807) is 30.3 Å². The summed E-state index contributed by atoms with van der Waals surface area (Å²) in [6, 6.07) is 19.6. The third kappa shape index (κ3) is 5.05. The number of fused-ring (bicyclic) bond motifs is 1. The van der Waals surface area contributed by atoms with E-state index in [0.717, 1.165) is 15.6 Å². The molecule has 0 aliphatic carbocycles. The largest absolute Gasteiger partial charge is 0.493 e. The number of rotatable bonds is 6. The summed E-state index contributed by atoms with van der Waals surface area (Å²) in [5.41, 5.74) is 4.71. The quantitative estimate of drug-likeness (QED) is 0.163. The van der Waals surface area contributed by atoms with Gasteiger partial charge in [-0.3, -0.25) is 4.79 Å². The molecule has 0 bridgehead atoms. The number of amides is 1. The van der Waals surface area contributed by atoms with Crippen LogP contribution in [0.2, 0.25) is 5.02 Å². The summed E-state index contributed by atoms with van der Waals surface area (Å²) in [5, 5.41) is 5.16. The van der Waals surface area contributed by atoms with Crippen LogP contribution < -0.4 is 14.9 Å². The van der Waals surface area contributed by atoms with Gasteiger partial charge in [0, 0.05) is 15.6 Å². The van der Waals surface area contributed by atoms with Crippen molar-refractivity contribution in [1.29, 1.82) is 0 Å². The van der Waals surface area contributed by atoms with Crippen molar-refractivity contribution in [3.05, 3.63) is 93.3 Å². The molecule has 0 saturated carbocycles. The normalized spacial score (nSPS) is 11.0. The first-order valence-corrected chi connectivity index (χ1v) is 11.1. The minimum absolute atomic E-state index is 0.247. The molecule has 6 nitrogen and oxygen atoms in total. The van der Waals surface area contributed by atoms with Crippen LogP contribution in [0.3, 0.4) is 0 Å². The van der Waals surface area contributed by atoms with Gasteiger partial charge >= 0.3 is 5.97 Å². The number of nitrogens with one attached hydrogen (secondary N) is 1. The zero-order valence-electron chi connectivity index (χ0n) is 17.8. The number of benzene rings is 3. The molecular formula is C25H19ClN2O4S. The first-order chi connectivity index (χ1) is 16.0. The van der Waals surface area contributed by atoms with Crippen LogP contribution in [-0.4, -0.2) is 25.2 Å². The lowest BCUT2D eigenvalue weighted by Crippen LogP contribution is -2.17. The third-order valence-electron chi connectivity index (χ3n) is 4.80. The molecule has 4 rings (SSSR count). The number of nitrogens with zero attached hydrogens (tertiary/aromatic N) is 1. The number of carbonyl (C=O) groups excluding carboxylic acids is 2. The summed E-state index contributed by atoms with van der Waals surface area (Å²) in [6.45, 7) is 1.95. The van der Waals surface area contributed by atoms with Crippen molar-refractivity contribution in [2.24, 2.45) is 5.10 Å². The minimum Gasteiger partial charge on any atom is -0.493 e. The van der Waals surface area contributed by atoms with Gasteiger partial charge in [-0.2, -0.15) is 5.10 Å². The fourth-order valence-electron chi connectivity index (χ4n) is 3.08. The van der Waals surface area contributed by atoms with E-state index < -0.39 is 5.97 Å². The van der Waals surface area contributed by atoms with Crippen molar-refractivity contribution >= 4 is 51.1 Å². The minimum atomic E-state index is -0.564. The number of thiophene rings is 1. The van der Waals surface area contributed by atoms with Gasteiger partial charge in [0.1, 0.15) is 4.88 Å². The summed E-state index contributed by atoms with van der Waals surface area (Å²) in [4.78, 5) is 25.2. The van der Waals surface area contributed by atoms with Crippen LogP contribution in [-0.2, 0) is 0 Å². The number of halogens is 1. The van der Waals surface area contributed by atoms with E-state index in [4.69, 9.17) is 21.1 Å². The standard InChI is InChI=1S/C25H19ClN2O4S/c1-15-7-10-17(11-8-15)24(29)28-27-14-16-9-12-19(20(13-16)31-2)32-25(30)23-22(26)18-5-3-4-6-21(18)33-23/h3-14H,1-2H3,(H,28,29)/b27-14+. The number of hydrogen-bond donors (Lipinski definition) is 1. The molecular weight excluding hydrogens is 460 g/mol. The Morgan fingerprint density at radius 2 is 1.79 bits per heavy atom. The number of ether oxygens (including phenoxy) is 2. The van der Waals surface area contributed by atoms with Gasteiger partial charge in [0.15, 0.2) is 11.5 Å². The van der Waals surface area contributed by atoms with Crippen molar-refractivity contribution in [1.82, 2.24) is 5.43 Å². The maximum absolute atomic E-state index is 12.7. The predicted octanol–water partition coefficient (Wildman–Crippen LogP) is 5.85. The number of aryl methyl sites for hydroxylation is 1. The van der Waals surface area contributed by atoms with Gasteiger partial charge in [-0.1, -0.05) is 47.5 Å². The Morgan fingerprint density at radius 1 is 1.03 bits per heavy atom. The molecule has 1 aromatic heterocycles. The summed E-state index contributed by atoms with van der Waals surface area (Å²) in [7, 11) is 1.47. The van der Waals surface area contributed by atoms with E-state index in [0.29, 0.717) is 26.8 Å². The third-order valence-corrected chi connectivity index (χ3v) is 6.46. The molecule has 0 fully saturated rings. The number of hydrazone groups is 1. The smallest absolute Gasteiger partial charge is 0.355 e. The number of methoxy groups -OCH3 is 1. The highest BCUT2D eigenvalue weighted by Gasteiger charge is 2.20. The lowest BCUT2D eigenvalue weighted by molar-refractivity contribution is 0.0734. The monoisotopic (exact) mass is 478 g/mol. The lowest BCUT2D eigenvalue weighted by atomic mass is 10.1. The molecule has 0 radical (unpaired) electrons. The average Bonchev–Trinajstić information content (AvgIpc) is 3.17. The van der Waals surface area contributed by atoms with Gasteiger partial charge in [-0.25, -0.2) is 10.2 Å². The molecule has 1 amide bonds. The fourth-order valence-corrected chi connectivity index (χ4v) is 4.46. The Balaban J connectivity index is 1.46. The Hall–Kier alpha value is -3.68. The van der Waals surface area contributed by atoms with E-state index >= 15 is 0 Å². The van der Waals surface area contributed by atoms with Crippen LogP contribution in [0.1, 0.15) is 31.2 Å². The molecule has 166 valence electrons. The lowest BCUT2D eigenvalue weighted by Gasteiger charge is -2.09. The highest BCUT2D eigenvalue weighted by molar-refractivity contribution is 7.21. The van der Waals surface area contributed by atoms with Crippen LogP contribution in [0.5, 0.6) is 11.5 Å². The first kappa shape index (κ1) is 22.5. The average molecular weight is 479 g/mol. The van der Waals surface area contributed by atoms with Crippen molar-refractivity contribution < 1.29 is 19.1 Å². The van der Waals surface area contributed by atoms with E-state index in [1.807, 2.05) is 43.3 Å². The molecule has 8 heteroatoms. The second-order valence-electron chi connectivity index (χ2n) is 7.11. The van der Waals surface area contributed by atoms with Crippen LogP contribution in [0.4, 0.5) is 0 Å². The highest BCUT2D eigenvalue weighted by atomic mass is 35.5. The van der Waals surface area contributed by atoms with Gasteiger partial charge in [-0.15, -0.1) is 11.3 Å². The molecule has 1 heterocycles. The molecule has 33 heavy (non-hydrogen) atoms. The Kier molecular flexibility index (Phi) is 6.72. The van der Waals surface area contributed by atoms with Crippen molar-refractivity contribution in [2.75, 3.05) is 7.11 Å². The molecule has 0 aliphatic heterocycles. The van der Waals surface area contributed by atoms with E-state index in [1.165, 1.54) is 24.7 Å². The van der Waals surface area contributed by atoms with Gasteiger partial charge in [0.25, 0.3) is 5.91 Å². The van der Waals surface area contributed by atoms with Crippen LogP contribution in [0, 0.1) is 6.92 Å². The second-order valence-corrected chi connectivity index (χ2v) is 8.54. The maximum atomic E-state index is 12.7. The van der Waals surface area contributed by atoms with E-state index in [9.17, 15) is 9.59 Å². The number of carbonyl (C=O) groups is 2. The predicted molar refractivity (Wildman–Crippen MR) is 131 cm³/mol. The molecule has 0 unspecified atom stereocenters. The summed E-state index contributed by atoms with van der Waals surface area (Å²) >= 11 is 7.65. The molecule has 4 aromatic rings. The Bertz CT molecular complexity index is 1360. The van der Waals surface area contributed by atoms with E-state index in [2.05, 4.69) is 10.5 Å². The van der Waals surface area contributed by atoms with E-state index in [-0.39, 0.29) is 11.7 Å². The highest BCUT2D eigenvalue weighted by Crippen LogP contribution is 2.36. The van der Waals surface area contributed by atoms with Crippen molar-refractivity contribution in [2.45, 2.75) is 6.92 Å². The molecule has 0 saturated heterocycles. The summed E-state index contributed by atoms with van der Waals surface area (Å²) in [5.74, 6) is -0.290.